The van der Waals surface area contributed by atoms with Crippen LogP contribution in [-0.2, 0) is 23.2 Å². The molecule has 0 radical (unpaired) electrons. The van der Waals surface area contributed by atoms with Gasteiger partial charge in [-0.1, -0.05) is 44.2 Å². The van der Waals surface area contributed by atoms with Crippen LogP contribution in [0.1, 0.15) is 61.3 Å². The largest absolute Gasteiger partial charge is 0.497 e. The molecule has 1 aliphatic carbocycles. The highest BCUT2D eigenvalue weighted by atomic mass is 16.5. The predicted octanol–water partition coefficient (Wildman–Crippen LogP) is 6.07. The Hall–Kier alpha value is -3.31. The third-order valence-electron chi connectivity index (χ3n) is 7.74. The summed E-state index contributed by atoms with van der Waals surface area (Å²) in [7, 11) is 5.70. The molecule has 3 aromatic carbocycles. The minimum atomic E-state index is -0.808. The lowest BCUT2D eigenvalue weighted by Crippen LogP contribution is -2.49. The monoisotopic (exact) mass is 500 g/mol. The molecule has 0 fully saturated rings. The van der Waals surface area contributed by atoms with Crippen LogP contribution in [-0.4, -0.2) is 38.8 Å². The summed E-state index contributed by atoms with van der Waals surface area (Å²) in [6, 6.07) is 22.8. The van der Waals surface area contributed by atoms with E-state index in [0.717, 1.165) is 41.1 Å². The van der Waals surface area contributed by atoms with Crippen LogP contribution in [0.3, 0.4) is 0 Å². The van der Waals surface area contributed by atoms with Crippen molar-refractivity contribution in [2.75, 3.05) is 37.6 Å². The number of nitrogens with zero attached hydrogens (tertiary/aromatic N) is 2. The fourth-order valence-corrected chi connectivity index (χ4v) is 5.50. The van der Waals surface area contributed by atoms with E-state index in [4.69, 9.17) is 4.74 Å². The SMILES string of the molecule is COc1ccc2c(c1)C(CCO)(C(=O)N(Cc1ccc(N(C)C)cc1)c1ccc(C(C)C)cc1)CCC2. The summed E-state index contributed by atoms with van der Waals surface area (Å²) >= 11 is 0. The fourth-order valence-electron chi connectivity index (χ4n) is 5.50. The summed E-state index contributed by atoms with van der Waals surface area (Å²) in [5.74, 6) is 1.18. The summed E-state index contributed by atoms with van der Waals surface area (Å²) in [5.41, 5.74) is 5.64. The molecule has 4 rings (SSSR count). The van der Waals surface area contributed by atoms with Gasteiger partial charge in [0.1, 0.15) is 5.75 Å². The van der Waals surface area contributed by atoms with Gasteiger partial charge in [-0.3, -0.25) is 4.79 Å². The van der Waals surface area contributed by atoms with Crippen LogP contribution >= 0.6 is 0 Å². The third kappa shape index (κ3) is 5.52. The number of aliphatic hydroxyl groups is 1. The molecule has 5 heteroatoms. The molecule has 1 amide bonds. The molecule has 1 N–H and O–H groups in total. The smallest absolute Gasteiger partial charge is 0.238 e. The number of aryl methyl sites for hydroxylation is 1. The number of carbonyl (C=O) groups excluding carboxylic acids is 1. The first kappa shape index (κ1) is 26.7. The van der Waals surface area contributed by atoms with Crippen molar-refractivity contribution in [1.29, 1.82) is 0 Å². The summed E-state index contributed by atoms with van der Waals surface area (Å²) in [6.45, 7) is 4.75. The number of hydrogen-bond acceptors (Lipinski definition) is 4. The number of ether oxygens (including phenoxy) is 1. The number of fused-ring (bicyclic) bond motifs is 1. The number of carbonyl (C=O) groups is 1. The van der Waals surface area contributed by atoms with E-state index in [9.17, 15) is 9.90 Å². The molecular weight excluding hydrogens is 460 g/mol. The van der Waals surface area contributed by atoms with Crippen LogP contribution in [0.25, 0.3) is 0 Å². The van der Waals surface area contributed by atoms with Crippen molar-refractivity contribution in [2.45, 2.75) is 57.4 Å². The highest BCUT2D eigenvalue weighted by Crippen LogP contribution is 2.44. The van der Waals surface area contributed by atoms with Crippen LogP contribution in [0.15, 0.2) is 66.7 Å². The van der Waals surface area contributed by atoms with Crippen LogP contribution in [0.2, 0.25) is 0 Å². The van der Waals surface area contributed by atoms with Crippen LogP contribution in [0.5, 0.6) is 5.75 Å². The van der Waals surface area contributed by atoms with Crippen molar-refractivity contribution >= 4 is 17.3 Å². The number of aliphatic hydroxyl groups excluding tert-OH is 1. The Morgan fingerprint density at radius 2 is 1.68 bits per heavy atom. The molecule has 37 heavy (non-hydrogen) atoms. The Balaban J connectivity index is 1.81. The summed E-state index contributed by atoms with van der Waals surface area (Å²) in [4.78, 5) is 18.7. The van der Waals surface area contributed by atoms with Gasteiger partial charge in [-0.05, 0) is 90.3 Å². The molecule has 1 aliphatic rings. The molecule has 0 saturated heterocycles. The molecule has 3 aromatic rings. The zero-order valence-corrected chi connectivity index (χ0v) is 22.8. The topological polar surface area (TPSA) is 53.0 Å². The molecule has 0 saturated carbocycles. The molecule has 0 aromatic heterocycles. The minimum Gasteiger partial charge on any atom is -0.497 e. The van der Waals surface area contributed by atoms with Gasteiger partial charge in [-0.15, -0.1) is 0 Å². The normalized spacial score (nSPS) is 16.8. The Morgan fingerprint density at radius 1 is 1.00 bits per heavy atom. The number of methoxy groups -OCH3 is 1. The molecule has 0 aliphatic heterocycles. The summed E-state index contributed by atoms with van der Waals surface area (Å²) in [5, 5.41) is 10.2. The lowest BCUT2D eigenvalue weighted by atomic mass is 9.67. The van der Waals surface area contributed by atoms with Gasteiger partial charge in [0.15, 0.2) is 0 Å². The van der Waals surface area contributed by atoms with Crippen LogP contribution in [0, 0.1) is 0 Å². The highest BCUT2D eigenvalue weighted by Gasteiger charge is 2.45. The Labute approximate surface area is 221 Å². The second kappa shape index (κ2) is 11.4. The van der Waals surface area contributed by atoms with E-state index in [2.05, 4.69) is 73.3 Å². The zero-order valence-electron chi connectivity index (χ0n) is 22.8. The average Bonchev–Trinajstić information content (AvgIpc) is 2.91. The molecular formula is C32H40N2O3. The number of amides is 1. The zero-order chi connectivity index (χ0) is 26.6. The second-order valence-corrected chi connectivity index (χ2v) is 10.6. The van der Waals surface area contributed by atoms with E-state index in [1.165, 1.54) is 11.1 Å². The van der Waals surface area contributed by atoms with Gasteiger partial charge >= 0.3 is 0 Å². The van der Waals surface area contributed by atoms with E-state index < -0.39 is 5.41 Å². The van der Waals surface area contributed by atoms with Crippen molar-refractivity contribution in [3.63, 3.8) is 0 Å². The van der Waals surface area contributed by atoms with Crippen molar-refractivity contribution in [2.24, 2.45) is 0 Å². The van der Waals surface area contributed by atoms with E-state index in [1.54, 1.807) is 7.11 Å². The van der Waals surface area contributed by atoms with Crippen molar-refractivity contribution in [3.8, 4) is 5.75 Å². The number of anilines is 2. The molecule has 5 nitrogen and oxygen atoms in total. The van der Waals surface area contributed by atoms with Crippen molar-refractivity contribution < 1.29 is 14.6 Å². The highest BCUT2D eigenvalue weighted by molar-refractivity contribution is 6.01. The summed E-state index contributed by atoms with van der Waals surface area (Å²) in [6.07, 6.45) is 2.91. The van der Waals surface area contributed by atoms with Crippen molar-refractivity contribution in [3.05, 3.63) is 89.0 Å². The average molecular weight is 501 g/mol. The van der Waals surface area contributed by atoms with Crippen molar-refractivity contribution in [1.82, 2.24) is 0 Å². The van der Waals surface area contributed by atoms with E-state index in [1.807, 2.05) is 31.1 Å². The van der Waals surface area contributed by atoms with Crippen LogP contribution < -0.4 is 14.5 Å². The van der Waals surface area contributed by atoms with Gasteiger partial charge in [-0.25, -0.2) is 0 Å². The maximum atomic E-state index is 14.7. The fraction of sp³-hybridized carbons (Fsp3) is 0.406. The summed E-state index contributed by atoms with van der Waals surface area (Å²) < 4.78 is 5.55. The predicted molar refractivity (Wildman–Crippen MR) is 152 cm³/mol. The lowest BCUT2D eigenvalue weighted by molar-refractivity contribution is -0.125. The van der Waals surface area contributed by atoms with Gasteiger partial charge in [-0.2, -0.15) is 0 Å². The van der Waals surface area contributed by atoms with Gasteiger partial charge in [0, 0.05) is 32.1 Å². The van der Waals surface area contributed by atoms with E-state index in [0.29, 0.717) is 25.3 Å². The number of rotatable bonds is 9. The Bertz CT molecular complexity index is 1200. The first-order valence-corrected chi connectivity index (χ1v) is 13.3. The van der Waals surface area contributed by atoms with Gasteiger partial charge in [0.25, 0.3) is 0 Å². The maximum Gasteiger partial charge on any atom is 0.238 e. The Morgan fingerprint density at radius 3 is 2.27 bits per heavy atom. The van der Waals surface area contributed by atoms with Crippen LogP contribution in [0.4, 0.5) is 11.4 Å². The third-order valence-corrected chi connectivity index (χ3v) is 7.74. The number of benzene rings is 3. The lowest BCUT2D eigenvalue weighted by Gasteiger charge is -2.41. The van der Waals surface area contributed by atoms with Gasteiger partial charge in [0.05, 0.1) is 19.1 Å². The molecule has 0 bridgehead atoms. The molecule has 1 unspecified atom stereocenters. The second-order valence-electron chi connectivity index (χ2n) is 10.6. The molecule has 196 valence electrons. The molecule has 1 atom stereocenters. The molecule has 0 spiro atoms. The molecule has 0 heterocycles. The standard InChI is InChI=1S/C32H40N2O3/c1-23(2)25-10-15-28(16-11-25)34(22-24-8-13-27(14-9-24)33(3)4)31(36)32(19-20-35)18-6-7-26-12-17-29(37-5)21-30(26)32/h8-17,21,23,35H,6-7,18-20,22H2,1-5H3. The first-order chi connectivity index (χ1) is 17.8. The maximum absolute atomic E-state index is 14.7. The quantitative estimate of drug-likeness (QED) is 0.387. The van der Waals surface area contributed by atoms with E-state index in [-0.39, 0.29) is 12.5 Å². The van der Waals surface area contributed by atoms with Gasteiger partial charge in [0.2, 0.25) is 5.91 Å². The van der Waals surface area contributed by atoms with Gasteiger partial charge < -0.3 is 19.6 Å². The first-order valence-electron chi connectivity index (χ1n) is 13.3. The minimum absolute atomic E-state index is 0.0322. The Kier molecular flexibility index (Phi) is 8.23. The number of hydrogen-bond donors (Lipinski definition) is 1. The van der Waals surface area contributed by atoms with E-state index >= 15 is 0 Å².